The molecule has 2 nitrogen and oxygen atoms in total. The van der Waals surface area contributed by atoms with Crippen molar-refractivity contribution in [2.45, 2.75) is 25.0 Å². The zero-order valence-electron chi connectivity index (χ0n) is 11.6. The van der Waals surface area contributed by atoms with E-state index >= 15 is 0 Å². The maximum atomic E-state index is 6.11. The number of hydrogen-bond donors (Lipinski definition) is 1. The number of ether oxygens (including phenoxy) is 1. The summed E-state index contributed by atoms with van der Waals surface area (Å²) in [5, 5.41) is 4.68. The lowest BCUT2D eigenvalue weighted by Gasteiger charge is -2.20. The normalized spacial score (nSPS) is 15.7. The van der Waals surface area contributed by atoms with Crippen molar-refractivity contribution < 1.29 is 4.74 Å². The third-order valence-corrected chi connectivity index (χ3v) is 3.89. The molecule has 3 rings (SSSR count). The van der Waals surface area contributed by atoms with E-state index in [1.54, 1.807) is 18.2 Å². The maximum absolute atomic E-state index is 6.11. The van der Waals surface area contributed by atoms with Crippen molar-refractivity contribution in [3.05, 3.63) is 64.1 Å². The van der Waals surface area contributed by atoms with E-state index in [2.05, 4.69) is 17.4 Å². The number of halogens is 2. The summed E-state index contributed by atoms with van der Waals surface area (Å²) >= 11 is 12.1. The van der Waals surface area contributed by atoms with Crippen molar-refractivity contribution in [2.75, 3.05) is 6.54 Å². The second-order valence-corrected chi connectivity index (χ2v) is 6.18. The van der Waals surface area contributed by atoms with Crippen molar-refractivity contribution >= 4 is 23.2 Å². The van der Waals surface area contributed by atoms with Gasteiger partial charge in [-0.1, -0.05) is 53.5 Å². The molecule has 21 heavy (non-hydrogen) atoms. The third-order valence-electron chi connectivity index (χ3n) is 3.46. The number of rotatable bonds is 6. The van der Waals surface area contributed by atoms with Gasteiger partial charge >= 0.3 is 0 Å². The van der Waals surface area contributed by atoms with Crippen molar-refractivity contribution in [3.63, 3.8) is 0 Å². The van der Waals surface area contributed by atoms with Gasteiger partial charge in [-0.3, -0.25) is 0 Å². The summed E-state index contributed by atoms with van der Waals surface area (Å²) in [4.78, 5) is 0. The summed E-state index contributed by atoms with van der Waals surface area (Å²) in [5.74, 6) is 0.693. The van der Waals surface area contributed by atoms with Crippen LogP contribution in [0, 0.1) is 0 Å². The predicted octanol–water partition coefficient (Wildman–Crippen LogP) is 4.87. The Bertz CT molecular complexity index is 579. The van der Waals surface area contributed by atoms with Crippen LogP contribution in [0.5, 0.6) is 5.75 Å². The molecule has 1 aliphatic carbocycles. The van der Waals surface area contributed by atoms with Gasteiger partial charge in [-0.05, 0) is 36.6 Å². The molecule has 0 heterocycles. The van der Waals surface area contributed by atoms with Gasteiger partial charge in [-0.2, -0.15) is 0 Å². The monoisotopic (exact) mass is 321 g/mol. The highest BCUT2D eigenvalue weighted by molar-refractivity contribution is 6.34. The van der Waals surface area contributed by atoms with Crippen molar-refractivity contribution in [1.29, 1.82) is 0 Å². The average molecular weight is 322 g/mol. The van der Waals surface area contributed by atoms with Crippen LogP contribution in [0.1, 0.15) is 24.5 Å². The zero-order chi connectivity index (χ0) is 14.7. The van der Waals surface area contributed by atoms with Crippen LogP contribution in [-0.4, -0.2) is 12.6 Å². The minimum atomic E-state index is -0.0543. The average Bonchev–Trinajstić information content (AvgIpc) is 3.27. The van der Waals surface area contributed by atoms with Gasteiger partial charge < -0.3 is 10.1 Å². The fourth-order valence-corrected chi connectivity index (χ4v) is 2.72. The number of nitrogens with one attached hydrogen (secondary N) is 1. The fourth-order valence-electron chi connectivity index (χ4n) is 2.22. The standard InChI is InChI=1S/C17H17Cl2NO/c18-13-8-14(19)10-16(9-13)21-17(11-20-15-6-7-15)12-4-2-1-3-5-12/h1-5,8-10,15,17,20H,6-7,11H2. The van der Waals surface area contributed by atoms with Crippen LogP contribution in [0.4, 0.5) is 0 Å². The highest BCUT2D eigenvalue weighted by atomic mass is 35.5. The first-order valence-corrected chi connectivity index (χ1v) is 7.87. The number of benzene rings is 2. The molecule has 1 atom stereocenters. The predicted molar refractivity (Wildman–Crippen MR) is 87.3 cm³/mol. The van der Waals surface area contributed by atoms with Gasteiger partial charge in [0.15, 0.2) is 0 Å². The van der Waals surface area contributed by atoms with Gasteiger partial charge in [0, 0.05) is 22.6 Å². The van der Waals surface area contributed by atoms with Crippen molar-refractivity contribution in [2.24, 2.45) is 0 Å². The van der Waals surface area contributed by atoms with E-state index in [0.29, 0.717) is 21.8 Å². The summed E-state index contributed by atoms with van der Waals surface area (Å²) in [5.41, 5.74) is 1.14. The third kappa shape index (κ3) is 4.37. The maximum Gasteiger partial charge on any atom is 0.136 e. The van der Waals surface area contributed by atoms with Crippen molar-refractivity contribution in [3.8, 4) is 5.75 Å². The number of hydrogen-bond acceptors (Lipinski definition) is 2. The minimum Gasteiger partial charge on any atom is -0.484 e. The van der Waals surface area contributed by atoms with Crippen LogP contribution >= 0.6 is 23.2 Å². The van der Waals surface area contributed by atoms with E-state index in [4.69, 9.17) is 27.9 Å². The van der Waals surface area contributed by atoms with E-state index < -0.39 is 0 Å². The fraction of sp³-hybridized carbons (Fsp3) is 0.294. The summed E-state index contributed by atoms with van der Waals surface area (Å²) in [7, 11) is 0. The molecule has 1 aliphatic rings. The first kappa shape index (κ1) is 14.7. The molecule has 1 saturated carbocycles. The van der Waals surface area contributed by atoms with E-state index in [-0.39, 0.29) is 6.10 Å². The topological polar surface area (TPSA) is 21.3 Å². The van der Waals surface area contributed by atoms with Crippen LogP contribution < -0.4 is 10.1 Å². The molecule has 0 radical (unpaired) electrons. The highest BCUT2D eigenvalue weighted by Crippen LogP contribution is 2.29. The Morgan fingerprint density at radius 1 is 1.05 bits per heavy atom. The smallest absolute Gasteiger partial charge is 0.136 e. The first-order valence-electron chi connectivity index (χ1n) is 7.12. The Balaban J connectivity index is 1.77. The van der Waals surface area contributed by atoms with Crippen molar-refractivity contribution in [1.82, 2.24) is 5.32 Å². The molecule has 2 aromatic carbocycles. The molecular weight excluding hydrogens is 305 g/mol. The largest absolute Gasteiger partial charge is 0.484 e. The zero-order valence-corrected chi connectivity index (χ0v) is 13.1. The Morgan fingerprint density at radius 2 is 1.71 bits per heavy atom. The summed E-state index contributed by atoms with van der Waals surface area (Å²) in [6, 6.07) is 16.1. The molecule has 0 bridgehead atoms. The van der Waals surface area contributed by atoms with Gasteiger partial charge in [-0.15, -0.1) is 0 Å². The molecular formula is C17H17Cl2NO. The molecule has 0 aromatic heterocycles. The van der Waals surface area contributed by atoms with Crippen LogP contribution in [0.25, 0.3) is 0 Å². The van der Waals surface area contributed by atoms with E-state index in [9.17, 15) is 0 Å². The molecule has 4 heteroatoms. The Labute approximate surface area is 135 Å². The second kappa shape index (κ2) is 6.69. The van der Waals surface area contributed by atoms with Gasteiger partial charge in [0.1, 0.15) is 11.9 Å². The SMILES string of the molecule is Clc1cc(Cl)cc(OC(CNC2CC2)c2ccccc2)c1. The molecule has 0 spiro atoms. The Kier molecular flexibility index (Phi) is 4.69. The van der Waals surface area contributed by atoms with Crippen LogP contribution in [0.3, 0.4) is 0 Å². The van der Waals surface area contributed by atoms with Gasteiger partial charge in [-0.25, -0.2) is 0 Å². The van der Waals surface area contributed by atoms with Gasteiger partial charge in [0.25, 0.3) is 0 Å². The van der Waals surface area contributed by atoms with Gasteiger partial charge in [0.2, 0.25) is 0 Å². The summed E-state index contributed by atoms with van der Waals surface area (Å²) < 4.78 is 6.11. The lowest BCUT2D eigenvalue weighted by molar-refractivity contribution is 0.201. The molecule has 1 unspecified atom stereocenters. The lowest BCUT2D eigenvalue weighted by atomic mass is 10.1. The van der Waals surface area contributed by atoms with Crippen LogP contribution in [-0.2, 0) is 0 Å². The summed E-state index contributed by atoms with van der Waals surface area (Å²) in [6.07, 6.45) is 2.45. The van der Waals surface area contributed by atoms with Crippen LogP contribution in [0.2, 0.25) is 10.0 Å². The lowest BCUT2D eigenvalue weighted by Crippen LogP contribution is -2.26. The molecule has 1 fully saturated rings. The first-order chi connectivity index (χ1) is 10.2. The van der Waals surface area contributed by atoms with Crippen LogP contribution in [0.15, 0.2) is 48.5 Å². The summed E-state index contributed by atoms with van der Waals surface area (Å²) in [6.45, 7) is 0.777. The Hall–Kier alpha value is -1.22. The molecule has 2 aromatic rings. The van der Waals surface area contributed by atoms with E-state index in [1.165, 1.54) is 12.8 Å². The minimum absolute atomic E-state index is 0.0543. The van der Waals surface area contributed by atoms with E-state index in [0.717, 1.165) is 12.1 Å². The highest BCUT2D eigenvalue weighted by Gasteiger charge is 2.23. The molecule has 0 aliphatic heterocycles. The van der Waals surface area contributed by atoms with E-state index in [1.807, 2.05) is 18.2 Å². The molecule has 1 N–H and O–H groups in total. The molecule has 0 amide bonds. The second-order valence-electron chi connectivity index (χ2n) is 5.30. The quantitative estimate of drug-likeness (QED) is 0.819. The Morgan fingerprint density at radius 3 is 2.33 bits per heavy atom. The molecule has 110 valence electrons. The molecule has 0 saturated heterocycles. The van der Waals surface area contributed by atoms with Gasteiger partial charge in [0.05, 0.1) is 0 Å².